The van der Waals surface area contributed by atoms with Crippen molar-refractivity contribution in [1.29, 1.82) is 0 Å². The van der Waals surface area contributed by atoms with Crippen LogP contribution in [0, 0.1) is 0 Å². The van der Waals surface area contributed by atoms with Crippen LogP contribution in [0.15, 0.2) is 42.5 Å². The van der Waals surface area contributed by atoms with Gasteiger partial charge in [0.15, 0.2) is 5.75 Å². The van der Waals surface area contributed by atoms with Crippen molar-refractivity contribution in [3.05, 3.63) is 53.6 Å². The minimum atomic E-state index is -0.276. The van der Waals surface area contributed by atoms with Crippen LogP contribution < -0.4 is 20.9 Å². The van der Waals surface area contributed by atoms with Gasteiger partial charge in [0.05, 0.1) is 12.3 Å². The summed E-state index contributed by atoms with van der Waals surface area (Å²) in [6, 6.07) is 13.4. The highest BCUT2D eigenvalue weighted by Crippen LogP contribution is 2.41. The van der Waals surface area contributed by atoms with Gasteiger partial charge in [0, 0.05) is 37.3 Å². The Morgan fingerprint density at radius 1 is 1.22 bits per heavy atom. The molecule has 27 heavy (non-hydrogen) atoms. The fourth-order valence-electron chi connectivity index (χ4n) is 3.44. The molecule has 4 rings (SSSR count). The van der Waals surface area contributed by atoms with E-state index in [4.69, 9.17) is 9.57 Å². The van der Waals surface area contributed by atoms with E-state index in [0.29, 0.717) is 17.9 Å². The molecule has 1 atom stereocenters. The van der Waals surface area contributed by atoms with Gasteiger partial charge in [-0.15, -0.1) is 0 Å². The first-order valence-corrected chi connectivity index (χ1v) is 9.30. The minimum Gasteiger partial charge on any atom is -0.455 e. The maximum Gasteiger partial charge on any atom is 0.274 e. The first kappa shape index (κ1) is 17.8. The average Bonchev–Trinajstić information content (AvgIpc) is 2.88. The van der Waals surface area contributed by atoms with Crippen molar-refractivity contribution in [3.8, 4) is 11.5 Å². The highest BCUT2D eigenvalue weighted by molar-refractivity contribution is 5.95. The maximum absolute atomic E-state index is 12.3. The van der Waals surface area contributed by atoms with E-state index < -0.39 is 0 Å². The van der Waals surface area contributed by atoms with Gasteiger partial charge in [-0.1, -0.05) is 18.2 Å². The minimum absolute atomic E-state index is 0.0187. The second kappa shape index (κ2) is 7.96. The van der Waals surface area contributed by atoms with Gasteiger partial charge in [-0.25, -0.2) is 5.48 Å². The number of ether oxygens (including phenoxy) is 1. The van der Waals surface area contributed by atoms with Gasteiger partial charge in [0.2, 0.25) is 0 Å². The number of nitrogens with zero attached hydrogens (tertiary/aromatic N) is 1. The molecule has 0 aliphatic carbocycles. The summed E-state index contributed by atoms with van der Waals surface area (Å²) in [5, 5.41) is 6.98. The fourth-order valence-corrected chi connectivity index (χ4v) is 3.44. The van der Waals surface area contributed by atoms with Crippen molar-refractivity contribution >= 4 is 11.6 Å². The second-order valence-electron chi connectivity index (χ2n) is 6.55. The van der Waals surface area contributed by atoms with Crippen LogP contribution in [-0.2, 0) is 4.84 Å². The molecule has 1 fully saturated rings. The van der Waals surface area contributed by atoms with E-state index in [-0.39, 0.29) is 12.1 Å². The number of nitrogens with one attached hydrogen (secondary N) is 3. The molecule has 7 nitrogen and oxygen atoms in total. The molecule has 0 spiro atoms. The number of piperazine rings is 1. The lowest BCUT2D eigenvalue weighted by atomic mass is 10.1. The molecule has 2 heterocycles. The van der Waals surface area contributed by atoms with E-state index in [1.165, 1.54) is 0 Å². The van der Waals surface area contributed by atoms with E-state index in [9.17, 15) is 4.79 Å². The predicted octanol–water partition coefficient (Wildman–Crippen LogP) is 2.49. The van der Waals surface area contributed by atoms with Crippen LogP contribution in [0.25, 0.3) is 0 Å². The van der Waals surface area contributed by atoms with E-state index >= 15 is 0 Å². The summed E-state index contributed by atoms with van der Waals surface area (Å²) < 4.78 is 6.17. The quantitative estimate of drug-likeness (QED) is 0.720. The smallest absolute Gasteiger partial charge is 0.274 e. The zero-order chi connectivity index (χ0) is 18.6. The first-order chi connectivity index (χ1) is 13.3. The van der Waals surface area contributed by atoms with Crippen LogP contribution in [0.5, 0.6) is 11.5 Å². The van der Waals surface area contributed by atoms with Gasteiger partial charge in [-0.3, -0.25) is 14.5 Å². The molecule has 1 amide bonds. The molecule has 7 heteroatoms. The number of carbonyl (C=O) groups is 1. The van der Waals surface area contributed by atoms with E-state index in [0.717, 1.165) is 43.2 Å². The number of benzene rings is 2. The van der Waals surface area contributed by atoms with Gasteiger partial charge in [-0.05, 0) is 31.2 Å². The Kier molecular flexibility index (Phi) is 5.24. The van der Waals surface area contributed by atoms with Crippen molar-refractivity contribution in [2.45, 2.75) is 13.1 Å². The van der Waals surface area contributed by atoms with Crippen molar-refractivity contribution in [3.63, 3.8) is 0 Å². The summed E-state index contributed by atoms with van der Waals surface area (Å²) >= 11 is 0. The first-order valence-electron chi connectivity index (χ1n) is 9.30. The molecule has 2 aliphatic heterocycles. The molecule has 2 aliphatic rings. The fraction of sp³-hybridized carbons (Fsp3) is 0.350. The van der Waals surface area contributed by atoms with Gasteiger partial charge >= 0.3 is 0 Å². The van der Waals surface area contributed by atoms with Gasteiger partial charge in [0.1, 0.15) is 11.9 Å². The molecule has 0 radical (unpaired) electrons. The Balaban J connectivity index is 1.68. The molecule has 0 bridgehead atoms. The van der Waals surface area contributed by atoms with Gasteiger partial charge < -0.3 is 15.4 Å². The van der Waals surface area contributed by atoms with Crippen molar-refractivity contribution < 1.29 is 14.4 Å². The van der Waals surface area contributed by atoms with Crippen molar-refractivity contribution in [2.75, 3.05) is 38.1 Å². The summed E-state index contributed by atoms with van der Waals surface area (Å²) in [5.74, 6) is 1.26. The summed E-state index contributed by atoms with van der Waals surface area (Å²) in [5.41, 5.74) is 4.84. The predicted molar refractivity (Wildman–Crippen MR) is 103 cm³/mol. The maximum atomic E-state index is 12.3. The van der Waals surface area contributed by atoms with Crippen LogP contribution in [0.3, 0.4) is 0 Å². The SMILES string of the molecule is CCONC(=O)c1ccc2c(c1)NC(N1CCNCC1)c1ccccc1O2. The molecule has 1 saturated heterocycles. The van der Waals surface area contributed by atoms with E-state index in [1.54, 1.807) is 6.07 Å². The summed E-state index contributed by atoms with van der Waals surface area (Å²) in [6.45, 7) is 6.01. The number of amides is 1. The average molecular weight is 368 g/mol. The Bertz CT molecular complexity index is 821. The van der Waals surface area contributed by atoms with Crippen LogP contribution in [0.4, 0.5) is 5.69 Å². The van der Waals surface area contributed by atoms with Crippen molar-refractivity contribution in [1.82, 2.24) is 15.7 Å². The number of hydroxylamine groups is 1. The molecule has 2 aromatic carbocycles. The van der Waals surface area contributed by atoms with Crippen molar-refractivity contribution in [2.24, 2.45) is 0 Å². The highest BCUT2D eigenvalue weighted by Gasteiger charge is 2.28. The number of carbonyl (C=O) groups excluding carboxylic acids is 1. The summed E-state index contributed by atoms with van der Waals surface area (Å²) in [6.07, 6.45) is -0.0187. The third-order valence-electron chi connectivity index (χ3n) is 4.79. The molecular formula is C20H24N4O3. The van der Waals surface area contributed by atoms with E-state index in [1.807, 2.05) is 37.3 Å². The van der Waals surface area contributed by atoms with Crippen LogP contribution in [0.1, 0.15) is 29.0 Å². The molecule has 3 N–H and O–H groups in total. The lowest BCUT2D eigenvalue weighted by Gasteiger charge is -2.35. The molecule has 0 saturated carbocycles. The Labute approximate surface area is 158 Å². The van der Waals surface area contributed by atoms with Gasteiger partial charge in [-0.2, -0.15) is 0 Å². The normalized spacial score (nSPS) is 19.1. The van der Waals surface area contributed by atoms with Crippen LogP contribution >= 0.6 is 0 Å². The number of rotatable bonds is 4. The third kappa shape index (κ3) is 3.75. The monoisotopic (exact) mass is 368 g/mol. The molecule has 1 unspecified atom stereocenters. The number of fused-ring (bicyclic) bond motifs is 2. The van der Waals surface area contributed by atoms with E-state index in [2.05, 4.69) is 27.1 Å². The number of para-hydroxylation sites is 1. The lowest BCUT2D eigenvalue weighted by Crippen LogP contribution is -2.47. The molecular weight excluding hydrogens is 344 g/mol. The zero-order valence-corrected chi connectivity index (χ0v) is 15.3. The third-order valence-corrected chi connectivity index (χ3v) is 4.79. The standard InChI is InChI=1S/C20H24N4O3/c1-2-26-23-20(25)14-7-8-18-16(13-14)22-19(24-11-9-21-10-12-24)15-5-3-4-6-17(15)27-18/h3-8,13,19,21-22H,2,9-12H2,1H3,(H,23,25). The highest BCUT2D eigenvalue weighted by atomic mass is 16.6. The number of hydrogen-bond donors (Lipinski definition) is 3. The van der Waals surface area contributed by atoms with Gasteiger partial charge in [0.25, 0.3) is 5.91 Å². The molecule has 142 valence electrons. The Hall–Kier alpha value is -2.61. The van der Waals surface area contributed by atoms with Crippen LogP contribution in [-0.4, -0.2) is 43.6 Å². The molecule has 0 aromatic heterocycles. The topological polar surface area (TPSA) is 74.9 Å². The zero-order valence-electron chi connectivity index (χ0n) is 15.3. The molecule has 2 aromatic rings. The lowest BCUT2D eigenvalue weighted by molar-refractivity contribution is 0.0364. The second-order valence-corrected chi connectivity index (χ2v) is 6.55. The summed E-state index contributed by atoms with van der Waals surface area (Å²) in [4.78, 5) is 19.7. The summed E-state index contributed by atoms with van der Waals surface area (Å²) in [7, 11) is 0. The number of hydrogen-bond acceptors (Lipinski definition) is 6. The number of anilines is 1. The largest absolute Gasteiger partial charge is 0.455 e. The van der Waals surface area contributed by atoms with Crippen LogP contribution in [0.2, 0.25) is 0 Å². The Morgan fingerprint density at radius 3 is 2.85 bits per heavy atom. The Morgan fingerprint density at radius 2 is 2.04 bits per heavy atom.